The minimum atomic E-state index is -0.0734. The third-order valence-electron chi connectivity index (χ3n) is 2.86. The number of nitrogens with two attached hydrogens (primary N) is 1. The van der Waals surface area contributed by atoms with E-state index >= 15 is 0 Å². The molecule has 2 rings (SSSR count). The lowest BCUT2D eigenvalue weighted by Gasteiger charge is -2.09. The molecule has 0 heterocycles. The Morgan fingerprint density at radius 3 is 2.75 bits per heavy atom. The van der Waals surface area contributed by atoms with Gasteiger partial charge in [-0.3, -0.25) is 4.79 Å². The molecule has 0 aliphatic rings. The van der Waals surface area contributed by atoms with E-state index in [0.717, 1.165) is 5.56 Å². The number of benzene rings is 2. The van der Waals surface area contributed by atoms with Crippen molar-refractivity contribution >= 4 is 11.5 Å². The van der Waals surface area contributed by atoms with E-state index in [4.69, 9.17) is 15.7 Å². The second-order valence-corrected chi connectivity index (χ2v) is 4.41. The van der Waals surface area contributed by atoms with Gasteiger partial charge in [0, 0.05) is 17.3 Å². The summed E-state index contributed by atoms with van der Waals surface area (Å²) in [5.74, 6) is 0.519. The summed E-state index contributed by atoms with van der Waals surface area (Å²) < 4.78 is 5.61. The molecule has 4 heteroatoms. The van der Waals surface area contributed by atoms with Crippen LogP contribution in [-0.4, -0.2) is 5.78 Å². The standard InChI is InChI=1S/C16H14N2O2/c1-11(19)15-6-5-14(8-16(15)18)20-10-13-4-2-3-12(7-13)9-17/h2-8H,10,18H2,1H3. The van der Waals surface area contributed by atoms with Crippen LogP contribution in [0.25, 0.3) is 0 Å². The molecule has 2 N–H and O–H groups in total. The van der Waals surface area contributed by atoms with E-state index in [1.54, 1.807) is 30.3 Å². The number of ketones is 1. The number of nitrogen functional groups attached to an aromatic ring is 1. The Bertz CT molecular complexity index is 687. The first-order valence-electron chi connectivity index (χ1n) is 6.12. The largest absolute Gasteiger partial charge is 0.489 e. The number of nitrogens with zero attached hydrogens (tertiary/aromatic N) is 1. The number of rotatable bonds is 4. The fourth-order valence-corrected chi connectivity index (χ4v) is 1.85. The summed E-state index contributed by atoms with van der Waals surface area (Å²) in [6.07, 6.45) is 0. The van der Waals surface area contributed by atoms with E-state index in [9.17, 15) is 4.79 Å². The highest BCUT2D eigenvalue weighted by molar-refractivity contribution is 5.99. The average Bonchev–Trinajstić information content (AvgIpc) is 2.45. The fraction of sp³-hybridized carbons (Fsp3) is 0.125. The van der Waals surface area contributed by atoms with Gasteiger partial charge in [0.05, 0.1) is 11.6 Å². The van der Waals surface area contributed by atoms with Crippen LogP contribution in [0.5, 0.6) is 5.75 Å². The summed E-state index contributed by atoms with van der Waals surface area (Å²) in [6.45, 7) is 1.81. The maximum Gasteiger partial charge on any atom is 0.161 e. The Hall–Kier alpha value is -2.80. The zero-order valence-corrected chi connectivity index (χ0v) is 11.1. The third-order valence-corrected chi connectivity index (χ3v) is 2.86. The second kappa shape index (κ2) is 5.89. The molecule has 0 spiro atoms. The van der Waals surface area contributed by atoms with Gasteiger partial charge in [-0.15, -0.1) is 0 Å². The molecular formula is C16H14N2O2. The smallest absolute Gasteiger partial charge is 0.161 e. The maximum atomic E-state index is 11.3. The topological polar surface area (TPSA) is 76.1 Å². The molecule has 0 aromatic heterocycles. The molecule has 0 saturated heterocycles. The Morgan fingerprint density at radius 1 is 1.30 bits per heavy atom. The molecule has 0 radical (unpaired) electrons. The number of hydrogen-bond acceptors (Lipinski definition) is 4. The highest BCUT2D eigenvalue weighted by atomic mass is 16.5. The monoisotopic (exact) mass is 266 g/mol. The van der Waals surface area contributed by atoms with Crippen molar-refractivity contribution in [1.29, 1.82) is 5.26 Å². The molecule has 0 atom stereocenters. The molecule has 0 bridgehead atoms. The fourth-order valence-electron chi connectivity index (χ4n) is 1.85. The molecule has 2 aromatic carbocycles. The molecule has 0 aliphatic carbocycles. The highest BCUT2D eigenvalue weighted by Crippen LogP contribution is 2.21. The lowest BCUT2D eigenvalue weighted by Crippen LogP contribution is -2.01. The first-order valence-corrected chi connectivity index (χ1v) is 6.12. The van der Waals surface area contributed by atoms with Crippen LogP contribution >= 0.6 is 0 Å². The number of anilines is 1. The third kappa shape index (κ3) is 3.15. The lowest BCUT2D eigenvalue weighted by atomic mass is 10.1. The van der Waals surface area contributed by atoms with Crippen LogP contribution in [0.2, 0.25) is 0 Å². The summed E-state index contributed by atoms with van der Waals surface area (Å²) >= 11 is 0. The molecule has 0 fully saturated rings. The summed E-state index contributed by atoms with van der Waals surface area (Å²) in [7, 11) is 0. The van der Waals surface area contributed by atoms with E-state index in [-0.39, 0.29) is 5.78 Å². The number of nitriles is 1. The van der Waals surface area contributed by atoms with Crippen molar-refractivity contribution in [3.63, 3.8) is 0 Å². The quantitative estimate of drug-likeness (QED) is 0.682. The molecule has 0 unspecified atom stereocenters. The van der Waals surface area contributed by atoms with Crippen LogP contribution < -0.4 is 10.5 Å². The van der Waals surface area contributed by atoms with Gasteiger partial charge < -0.3 is 10.5 Å². The van der Waals surface area contributed by atoms with Gasteiger partial charge in [0.25, 0.3) is 0 Å². The average molecular weight is 266 g/mol. The van der Waals surface area contributed by atoms with Gasteiger partial charge in [-0.05, 0) is 36.8 Å². The molecular weight excluding hydrogens is 252 g/mol. The Morgan fingerprint density at radius 2 is 2.10 bits per heavy atom. The van der Waals surface area contributed by atoms with Gasteiger partial charge in [0.15, 0.2) is 5.78 Å². The van der Waals surface area contributed by atoms with E-state index in [2.05, 4.69) is 6.07 Å². The first kappa shape index (κ1) is 13.6. The predicted octanol–water partition coefficient (Wildman–Crippen LogP) is 2.92. The van der Waals surface area contributed by atoms with Gasteiger partial charge in [0.2, 0.25) is 0 Å². The Labute approximate surface area is 117 Å². The van der Waals surface area contributed by atoms with E-state index < -0.39 is 0 Å². The van der Waals surface area contributed by atoms with Crippen molar-refractivity contribution in [3.05, 3.63) is 59.2 Å². The zero-order chi connectivity index (χ0) is 14.5. The summed E-state index contributed by atoms with van der Waals surface area (Å²) in [5.41, 5.74) is 8.18. The molecule has 0 aliphatic heterocycles. The molecule has 4 nitrogen and oxygen atoms in total. The van der Waals surface area contributed by atoms with Crippen molar-refractivity contribution in [2.75, 3.05) is 5.73 Å². The number of carbonyl (C=O) groups is 1. The van der Waals surface area contributed by atoms with Gasteiger partial charge in [-0.25, -0.2) is 0 Å². The minimum absolute atomic E-state index is 0.0734. The molecule has 0 amide bonds. The summed E-state index contributed by atoms with van der Waals surface area (Å²) in [4.78, 5) is 11.3. The van der Waals surface area contributed by atoms with E-state index in [1.807, 2.05) is 12.1 Å². The van der Waals surface area contributed by atoms with Crippen molar-refractivity contribution < 1.29 is 9.53 Å². The van der Waals surface area contributed by atoms with Crippen molar-refractivity contribution in [2.24, 2.45) is 0 Å². The first-order chi connectivity index (χ1) is 9.60. The molecule has 100 valence electrons. The minimum Gasteiger partial charge on any atom is -0.489 e. The summed E-state index contributed by atoms with van der Waals surface area (Å²) in [5, 5.41) is 8.83. The lowest BCUT2D eigenvalue weighted by molar-refractivity contribution is 0.101. The van der Waals surface area contributed by atoms with Crippen molar-refractivity contribution in [1.82, 2.24) is 0 Å². The zero-order valence-electron chi connectivity index (χ0n) is 11.1. The normalized spacial score (nSPS) is 9.80. The van der Waals surface area contributed by atoms with Crippen LogP contribution in [0.1, 0.15) is 28.4 Å². The van der Waals surface area contributed by atoms with Gasteiger partial charge in [-0.1, -0.05) is 12.1 Å². The Balaban J connectivity index is 2.09. The van der Waals surface area contributed by atoms with Crippen molar-refractivity contribution in [3.8, 4) is 11.8 Å². The number of ether oxygens (including phenoxy) is 1. The summed E-state index contributed by atoms with van der Waals surface area (Å²) in [6, 6.07) is 14.3. The van der Waals surface area contributed by atoms with E-state index in [0.29, 0.717) is 29.2 Å². The highest BCUT2D eigenvalue weighted by Gasteiger charge is 2.06. The van der Waals surface area contributed by atoms with E-state index in [1.165, 1.54) is 6.92 Å². The Kier molecular flexibility index (Phi) is 4.02. The van der Waals surface area contributed by atoms with Gasteiger partial charge in [0.1, 0.15) is 12.4 Å². The molecule has 0 saturated carbocycles. The van der Waals surface area contributed by atoms with Crippen LogP contribution in [-0.2, 0) is 6.61 Å². The van der Waals surface area contributed by atoms with Gasteiger partial charge in [-0.2, -0.15) is 5.26 Å². The number of carbonyl (C=O) groups excluding carboxylic acids is 1. The van der Waals surface area contributed by atoms with Crippen LogP contribution in [0.3, 0.4) is 0 Å². The van der Waals surface area contributed by atoms with Crippen molar-refractivity contribution in [2.45, 2.75) is 13.5 Å². The second-order valence-electron chi connectivity index (χ2n) is 4.41. The molecule has 20 heavy (non-hydrogen) atoms. The number of Topliss-reactive ketones (excluding diaryl/α,β-unsaturated/α-hetero) is 1. The van der Waals surface area contributed by atoms with Gasteiger partial charge >= 0.3 is 0 Å². The van der Waals surface area contributed by atoms with Crippen LogP contribution in [0.4, 0.5) is 5.69 Å². The van der Waals surface area contributed by atoms with Crippen LogP contribution in [0, 0.1) is 11.3 Å². The SMILES string of the molecule is CC(=O)c1ccc(OCc2cccc(C#N)c2)cc1N. The number of hydrogen-bond donors (Lipinski definition) is 1. The predicted molar refractivity (Wildman–Crippen MR) is 76.3 cm³/mol. The van der Waals surface area contributed by atoms with Crippen LogP contribution in [0.15, 0.2) is 42.5 Å². The molecule has 2 aromatic rings. The maximum absolute atomic E-state index is 11.3.